The van der Waals surface area contributed by atoms with Crippen LogP contribution in [-0.2, 0) is 0 Å². The summed E-state index contributed by atoms with van der Waals surface area (Å²) in [5.74, 6) is 0.785. The molecule has 0 saturated heterocycles. The smallest absolute Gasteiger partial charge is 0.00939 e. The van der Waals surface area contributed by atoms with E-state index in [0.29, 0.717) is 11.5 Å². The summed E-state index contributed by atoms with van der Waals surface area (Å²) in [6, 6.07) is 0.676. The Morgan fingerprint density at radius 2 is 1.58 bits per heavy atom. The molecule has 0 aromatic carbocycles. The van der Waals surface area contributed by atoms with Crippen LogP contribution in [0.15, 0.2) is 0 Å². The summed E-state index contributed by atoms with van der Waals surface area (Å²) < 4.78 is 0. The molecule has 0 saturated carbocycles. The van der Waals surface area contributed by atoms with Gasteiger partial charge >= 0.3 is 0 Å². The maximum atomic E-state index is 2.33. The molecular formula is C11H25N. The highest BCUT2D eigenvalue weighted by molar-refractivity contribution is 4.81. The molecule has 0 bridgehead atoms. The van der Waals surface area contributed by atoms with Gasteiger partial charge in [-0.25, -0.2) is 0 Å². The van der Waals surface area contributed by atoms with Crippen molar-refractivity contribution in [2.24, 2.45) is 11.3 Å². The average molecular weight is 171 g/mol. The summed E-state index contributed by atoms with van der Waals surface area (Å²) in [6.07, 6.45) is 1.27. The molecule has 0 rings (SSSR count). The third kappa shape index (κ3) is 3.14. The van der Waals surface area contributed by atoms with E-state index in [9.17, 15) is 0 Å². The Balaban J connectivity index is 4.35. The van der Waals surface area contributed by atoms with Crippen LogP contribution in [0.3, 0.4) is 0 Å². The van der Waals surface area contributed by atoms with E-state index >= 15 is 0 Å². The Morgan fingerprint density at radius 3 is 1.67 bits per heavy atom. The van der Waals surface area contributed by atoms with Crippen molar-refractivity contribution in [3.63, 3.8) is 0 Å². The molecule has 1 heteroatoms. The van der Waals surface area contributed by atoms with Crippen molar-refractivity contribution in [1.29, 1.82) is 0 Å². The van der Waals surface area contributed by atoms with Gasteiger partial charge < -0.3 is 4.90 Å². The van der Waals surface area contributed by atoms with Gasteiger partial charge in [-0.05, 0) is 32.4 Å². The minimum atomic E-state index is 0.429. The first-order valence-corrected chi connectivity index (χ1v) is 4.97. The average Bonchev–Trinajstić information content (AvgIpc) is 1.85. The molecule has 2 unspecified atom stereocenters. The number of nitrogens with zero attached hydrogens (tertiary/aromatic N) is 1. The fourth-order valence-corrected chi connectivity index (χ4v) is 2.04. The first kappa shape index (κ1) is 12.0. The second-order valence-electron chi connectivity index (χ2n) is 5.08. The highest BCUT2D eigenvalue weighted by atomic mass is 15.1. The quantitative estimate of drug-likeness (QED) is 0.631. The lowest BCUT2D eigenvalue weighted by molar-refractivity contribution is 0.118. The van der Waals surface area contributed by atoms with E-state index < -0.39 is 0 Å². The Kier molecular flexibility index (Phi) is 4.25. The van der Waals surface area contributed by atoms with Gasteiger partial charge in [0, 0.05) is 6.04 Å². The van der Waals surface area contributed by atoms with Crippen LogP contribution in [0.2, 0.25) is 0 Å². The van der Waals surface area contributed by atoms with Crippen LogP contribution in [0.1, 0.15) is 41.0 Å². The molecule has 0 radical (unpaired) electrons. The molecule has 1 nitrogen and oxygen atoms in total. The van der Waals surface area contributed by atoms with Gasteiger partial charge in [0.2, 0.25) is 0 Å². The van der Waals surface area contributed by atoms with Crippen LogP contribution in [-0.4, -0.2) is 25.0 Å². The van der Waals surface area contributed by atoms with Crippen LogP contribution in [0, 0.1) is 11.3 Å². The first-order valence-electron chi connectivity index (χ1n) is 4.97. The van der Waals surface area contributed by atoms with Gasteiger partial charge in [-0.15, -0.1) is 0 Å². The standard InChI is InChI=1S/C11H25N/c1-8-10(11(3,4)5)9(2)12(6)7/h9-10H,8H2,1-7H3. The number of hydrogen-bond donors (Lipinski definition) is 0. The molecule has 0 fully saturated rings. The van der Waals surface area contributed by atoms with Gasteiger partial charge in [-0.3, -0.25) is 0 Å². The van der Waals surface area contributed by atoms with E-state index in [0.717, 1.165) is 5.92 Å². The van der Waals surface area contributed by atoms with E-state index in [4.69, 9.17) is 0 Å². The molecule has 0 aliphatic heterocycles. The second-order valence-corrected chi connectivity index (χ2v) is 5.08. The summed E-state index contributed by atoms with van der Waals surface area (Å²) >= 11 is 0. The SMILES string of the molecule is CCC(C(C)N(C)C)C(C)(C)C. The van der Waals surface area contributed by atoms with Crippen LogP contribution < -0.4 is 0 Å². The van der Waals surface area contributed by atoms with Crippen LogP contribution >= 0.6 is 0 Å². The van der Waals surface area contributed by atoms with Gasteiger partial charge in [0.1, 0.15) is 0 Å². The zero-order valence-electron chi connectivity index (χ0n) is 9.81. The van der Waals surface area contributed by atoms with E-state index in [1.165, 1.54) is 6.42 Å². The van der Waals surface area contributed by atoms with Crippen LogP contribution in [0.5, 0.6) is 0 Å². The minimum Gasteiger partial charge on any atom is -0.306 e. The van der Waals surface area contributed by atoms with Crippen LogP contribution in [0.25, 0.3) is 0 Å². The summed E-state index contributed by atoms with van der Waals surface area (Å²) in [7, 11) is 4.33. The highest BCUT2D eigenvalue weighted by Gasteiger charge is 2.28. The first-order chi connectivity index (χ1) is 5.30. The van der Waals surface area contributed by atoms with Crippen molar-refractivity contribution in [3.8, 4) is 0 Å². The lowest BCUT2D eigenvalue weighted by Crippen LogP contribution is -2.39. The van der Waals surface area contributed by atoms with Crippen molar-refractivity contribution in [2.45, 2.75) is 47.1 Å². The minimum absolute atomic E-state index is 0.429. The zero-order chi connectivity index (χ0) is 9.94. The Labute approximate surface area is 78.1 Å². The lowest BCUT2D eigenvalue weighted by atomic mass is 9.75. The summed E-state index contributed by atoms with van der Waals surface area (Å²) in [6.45, 7) is 11.6. The third-order valence-electron chi connectivity index (χ3n) is 2.95. The number of rotatable bonds is 3. The second kappa shape index (κ2) is 4.27. The largest absolute Gasteiger partial charge is 0.306 e. The summed E-state index contributed by atoms with van der Waals surface area (Å²) in [4.78, 5) is 2.32. The van der Waals surface area contributed by atoms with Crippen molar-refractivity contribution < 1.29 is 0 Å². The van der Waals surface area contributed by atoms with Gasteiger partial charge in [0.15, 0.2) is 0 Å². The zero-order valence-corrected chi connectivity index (χ0v) is 9.81. The van der Waals surface area contributed by atoms with E-state index in [2.05, 4.69) is 53.6 Å². The van der Waals surface area contributed by atoms with E-state index in [1.807, 2.05) is 0 Å². The molecule has 0 N–H and O–H groups in total. The van der Waals surface area contributed by atoms with Crippen LogP contribution in [0.4, 0.5) is 0 Å². The third-order valence-corrected chi connectivity index (χ3v) is 2.95. The maximum absolute atomic E-state index is 2.33. The van der Waals surface area contributed by atoms with Gasteiger partial charge in [-0.1, -0.05) is 34.1 Å². The predicted octanol–water partition coefficient (Wildman–Crippen LogP) is 3.01. The molecule has 12 heavy (non-hydrogen) atoms. The van der Waals surface area contributed by atoms with Gasteiger partial charge in [-0.2, -0.15) is 0 Å². The normalized spacial score (nSPS) is 18.0. The van der Waals surface area contributed by atoms with Crippen molar-refractivity contribution in [2.75, 3.05) is 14.1 Å². The molecule has 2 atom stereocenters. The maximum Gasteiger partial charge on any atom is 0.00939 e. The molecular weight excluding hydrogens is 146 g/mol. The predicted molar refractivity (Wildman–Crippen MR) is 56.4 cm³/mol. The van der Waals surface area contributed by atoms with Crippen molar-refractivity contribution in [3.05, 3.63) is 0 Å². The molecule has 0 aliphatic rings. The van der Waals surface area contributed by atoms with Gasteiger partial charge in [0.05, 0.1) is 0 Å². The van der Waals surface area contributed by atoms with Crippen molar-refractivity contribution in [1.82, 2.24) is 4.90 Å². The molecule has 0 heterocycles. The summed E-state index contributed by atoms with van der Waals surface area (Å²) in [5, 5.41) is 0. The highest BCUT2D eigenvalue weighted by Crippen LogP contribution is 2.32. The number of hydrogen-bond acceptors (Lipinski definition) is 1. The molecule has 0 aromatic heterocycles. The molecule has 74 valence electrons. The van der Waals surface area contributed by atoms with Crippen molar-refractivity contribution >= 4 is 0 Å². The Bertz CT molecular complexity index is 121. The fourth-order valence-electron chi connectivity index (χ4n) is 2.04. The molecule has 0 aromatic rings. The van der Waals surface area contributed by atoms with E-state index in [1.54, 1.807) is 0 Å². The van der Waals surface area contributed by atoms with Gasteiger partial charge in [0.25, 0.3) is 0 Å². The Hall–Kier alpha value is -0.0400. The van der Waals surface area contributed by atoms with E-state index in [-0.39, 0.29) is 0 Å². The molecule has 0 spiro atoms. The fraction of sp³-hybridized carbons (Fsp3) is 1.00. The Morgan fingerprint density at radius 1 is 1.17 bits per heavy atom. The lowest BCUT2D eigenvalue weighted by Gasteiger charge is -2.38. The topological polar surface area (TPSA) is 3.24 Å². The summed E-state index contributed by atoms with van der Waals surface area (Å²) in [5.41, 5.74) is 0.429. The molecule has 0 aliphatic carbocycles. The molecule has 0 amide bonds. The monoisotopic (exact) mass is 171 g/mol.